The molecule has 2 aliphatic heterocycles. The number of aliphatic hydroxyl groups excluding tert-OH is 1. The summed E-state index contributed by atoms with van der Waals surface area (Å²) in [4.78, 5) is 24.8. The van der Waals surface area contributed by atoms with E-state index in [-0.39, 0.29) is 24.9 Å². The Hall–Kier alpha value is -0.580. The lowest BCUT2D eigenvalue weighted by molar-refractivity contribution is -0.235. The molecule has 3 unspecified atom stereocenters. The van der Waals surface area contributed by atoms with E-state index in [0.717, 1.165) is 0 Å². The van der Waals surface area contributed by atoms with Crippen LogP contribution < -0.4 is 4.89 Å². The van der Waals surface area contributed by atoms with Gasteiger partial charge in [-0.3, -0.25) is 4.57 Å². The fraction of sp³-hybridized carbons (Fsp3) is 0.944. The summed E-state index contributed by atoms with van der Waals surface area (Å²) in [5.74, 6) is -1.12. The van der Waals surface area contributed by atoms with Crippen molar-refractivity contribution in [3.63, 3.8) is 0 Å². The number of aliphatic hydroxyl groups is 1. The molecule has 10 nitrogen and oxygen atoms in total. The van der Waals surface area contributed by atoms with Gasteiger partial charge in [0.1, 0.15) is 18.3 Å². The van der Waals surface area contributed by atoms with E-state index in [2.05, 4.69) is 4.52 Å². The van der Waals surface area contributed by atoms with E-state index >= 15 is 0 Å². The van der Waals surface area contributed by atoms with Crippen molar-refractivity contribution in [2.45, 2.75) is 103 Å². The molecule has 0 aliphatic carbocycles. The van der Waals surface area contributed by atoms with Gasteiger partial charge in [0.25, 0.3) is 0 Å². The highest BCUT2D eigenvalue weighted by Gasteiger charge is 2.46. The summed E-state index contributed by atoms with van der Waals surface area (Å²) in [5.41, 5.74) is 0. The summed E-state index contributed by atoms with van der Waals surface area (Å²) in [6, 6.07) is 0. The van der Waals surface area contributed by atoms with E-state index in [1.54, 1.807) is 27.7 Å². The van der Waals surface area contributed by atoms with Crippen LogP contribution in [0.15, 0.2) is 0 Å². The van der Waals surface area contributed by atoms with E-state index in [4.69, 9.17) is 23.5 Å². The second-order valence-corrected chi connectivity index (χ2v) is 9.29. The fourth-order valence-corrected chi connectivity index (χ4v) is 4.26. The van der Waals surface area contributed by atoms with Crippen molar-refractivity contribution >= 4 is 13.8 Å². The molecule has 2 aliphatic rings. The Morgan fingerprint density at radius 3 is 2.45 bits per heavy atom. The van der Waals surface area contributed by atoms with Crippen LogP contribution in [0, 0.1) is 0 Å². The van der Waals surface area contributed by atoms with Gasteiger partial charge in [-0.2, -0.15) is 0 Å². The van der Waals surface area contributed by atoms with Crippen molar-refractivity contribution in [1.29, 1.82) is 0 Å². The van der Waals surface area contributed by atoms with Gasteiger partial charge in [-0.05, 0) is 41.5 Å². The molecule has 0 saturated carbocycles. The molecule has 0 aromatic heterocycles. The molecule has 2 fully saturated rings. The summed E-state index contributed by atoms with van der Waals surface area (Å²) < 4.78 is 44.0. The van der Waals surface area contributed by atoms with Crippen molar-refractivity contribution in [2.24, 2.45) is 0 Å². The van der Waals surface area contributed by atoms with Crippen molar-refractivity contribution in [3.8, 4) is 0 Å². The average molecular weight is 439 g/mol. The molecule has 0 bridgehead atoms. The molecule has 0 aromatic carbocycles. The Morgan fingerprint density at radius 1 is 1.21 bits per heavy atom. The summed E-state index contributed by atoms with van der Waals surface area (Å²) in [5, 5.41) is 10.2. The molecule has 2 heterocycles. The van der Waals surface area contributed by atoms with E-state index in [1.165, 1.54) is 0 Å². The molecular weight excluding hydrogens is 407 g/mol. The van der Waals surface area contributed by atoms with Gasteiger partial charge in [-0.1, -0.05) is 0 Å². The van der Waals surface area contributed by atoms with Gasteiger partial charge in [-0.15, -0.1) is 0 Å². The van der Waals surface area contributed by atoms with Crippen LogP contribution in [0.5, 0.6) is 0 Å². The van der Waals surface area contributed by atoms with Crippen LogP contribution in [0.4, 0.5) is 0 Å². The number of carbonyl (C=O) groups excluding carboxylic acids is 1. The Bertz CT molecular complexity index is 597. The number of phosphoric acid groups is 1. The first-order valence-corrected chi connectivity index (χ1v) is 11.3. The minimum absolute atomic E-state index is 0.0191. The molecule has 170 valence electrons. The molecule has 1 N–H and O–H groups in total. The van der Waals surface area contributed by atoms with Crippen molar-refractivity contribution < 1.29 is 47.4 Å². The van der Waals surface area contributed by atoms with Crippen LogP contribution in [-0.2, 0) is 37.4 Å². The zero-order valence-corrected chi connectivity index (χ0v) is 18.6. The molecule has 11 heteroatoms. The third-order valence-electron chi connectivity index (χ3n) is 4.58. The molecule has 0 amide bonds. The predicted octanol–water partition coefficient (Wildman–Crippen LogP) is 0.927. The molecule has 2 rings (SSSR count). The fourth-order valence-electron chi connectivity index (χ4n) is 3.33. The SMILES string of the molecule is CC(C)OC[C@H]1O[C@@H](C)C(O)[C@H]1OP(=O)([O-])OC(=O)[C@H]1O[C@@H](C)CC1OC(C)C. The maximum Gasteiger partial charge on any atom is 0.343 e. The number of carbonyl (C=O) groups is 1. The van der Waals surface area contributed by atoms with E-state index in [0.29, 0.717) is 6.42 Å². The molecule has 0 spiro atoms. The highest BCUT2D eigenvalue weighted by molar-refractivity contribution is 7.46. The third kappa shape index (κ3) is 6.97. The monoisotopic (exact) mass is 439 g/mol. The quantitative estimate of drug-likeness (QED) is 0.517. The molecule has 0 radical (unpaired) electrons. The van der Waals surface area contributed by atoms with Crippen LogP contribution in [0.25, 0.3) is 0 Å². The number of ether oxygens (including phenoxy) is 4. The normalized spacial score (nSPS) is 37.2. The van der Waals surface area contributed by atoms with Gasteiger partial charge < -0.3 is 38.0 Å². The average Bonchev–Trinajstić information content (AvgIpc) is 3.06. The van der Waals surface area contributed by atoms with Gasteiger partial charge in [-0.25, -0.2) is 4.79 Å². The van der Waals surface area contributed by atoms with Gasteiger partial charge in [0.2, 0.25) is 0 Å². The largest absolute Gasteiger partial charge is 0.746 e. The van der Waals surface area contributed by atoms with Crippen LogP contribution in [0.2, 0.25) is 0 Å². The summed E-state index contributed by atoms with van der Waals surface area (Å²) >= 11 is 0. The topological polar surface area (TPSA) is 133 Å². The Morgan fingerprint density at radius 2 is 1.86 bits per heavy atom. The first-order chi connectivity index (χ1) is 13.4. The first-order valence-electron chi connectivity index (χ1n) is 9.88. The third-order valence-corrected chi connectivity index (χ3v) is 5.49. The van der Waals surface area contributed by atoms with Crippen LogP contribution in [0.3, 0.4) is 0 Å². The van der Waals surface area contributed by atoms with E-state index < -0.39 is 50.4 Å². The Labute approximate surface area is 171 Å². The van der Waals surface area contributed by atoms with Gasteiger partial charge in [0, 0.05) is 6.42 Å². The second kappa shape index (κ2) is 10.2. The lowest BCUT2D eigenvalue weighted by Gasteiger charge is -2.30. The minimum atomic E-state index is -5.11. The zero-order chi connectivity index (χ0) is 21.9. The Kier molecular flexibility index (Phi) is 8.64. The second-order valence-electron chi connectivity index (χ2n) is 8.01. The van der Waals surface area contributed by atoms with E-state index in [1.807, 2.05) is 13.8 Å². The van der Waals surface area contributed by atoms with Gasteiger partial charge in [0.05, 0.1) is 37.1 Å². The first kappa shape index (κ1) is 24.7. The lowest BCUT2D eigenvalue weighted by atomic mass is 10.1. The molecule has 8 atom stereocenters. The number of hydrogen-bond donors (Lipinski definition) is 1. The van der Waals surface area contributed by atoms with E-state index in [9.17, 15) is 19.4 Å². The summed E-state index contributed by atoms with van der Waals surface area (Å²) in [7, 11) is -5.11. The zero-order valence-electron chi connectivity index (χ0n) is 17.7. The standard InChI is InChI=1S/C18H33O10P/c1-9(2)23-8-14-16(15(19)12(6)26-14)27-29(21,22)28-18(20)17-13(24-10(3)4)7-11(5)25-17/h9-17,19H,7-8H2,1-6H3,(H,21,22)/p-1/t11-,12-,13?,14+,15?,16-,17-/m0/s1. The highest BCUT2D eigenvalue weighted by Crippen LogP contribution is 2.44. The van der Waals surface area contributed by atoms with Crippen LogP contribution >= 0.6 is 7.82 Å². The van der Waals surface area contributed by atoms with Gasteiger partial charge >= 0.3 is 13.8 Å². The van der Waals surface area contributed by atoms with Crippen molar-refractivity contribution in [2.75, 3.05) is 6.61 Å². The molecule has 0 aromatic rings. The smallest absolute Gasteiger partial charge is 0.343 e. The van der Waals surface area contributed by atoms with Crippen LogP contribution in [-0.4, -0.2) is 72.6 Å². The van der Waals surface area contributed by atoms with Crippen LogP contribution in [0.1, 0.15) is 48.0 Å². The maximum absolute atomic E-state index is 12.4. The maximum atomic E-state index is 12.4. The molecule has 29 heavy (non-hydrogen) atoms. The van der Waals surface area contributed by atoms with Crippen molar-refractivity contribution in [3.05, 3.63) is 0 Å². The Balaban J connectivity index is 2.01. The molecular formula is C18H32O10P-. The summed E-state index contributed by atoms with van der Waals surface area (Å²) in [6.07, 6.45) is -5.93. The number of hydrogen-bond acceptors (Lipinski definition) is 10. The predicted molar refractivity (Wildman–Crippen MR) is 99.0 cm³/mol. The lowest BCUT2D eigenvalue weighted by Crippen LogP contribution is -2.39. The highest BCUT2D eigenvalue weighted by atomic mass is 31.2. The minimum Gasteiger partial charge on any atom is -0.746 e. The van der Waals surface area contributed by atoms with Crippen molar-refractivity contribution in [1.82, 2.24) is 0 Å². The molecule has 2 saturated heterocycles. The number of rotatable bonds is 9. The number of phosphoric ester groups is 1. The summed E-state index contributed by atoms with van der Waals surface area (Å²) in [6.45, 7) is 10.6. The van der Waals surface area contributed by atoms with Gasteiger partial charge in [0.15, 0.2) is 6.10 Å².